The largest absolute Gasteiger partial charge is 0.467 e. The SMILES string of the molecule is CC1CCN(C(=O)C(C)Sc2nnc(C3CC3)n2Cc2ccco2)CC1. The van der Waals surface area contributed by atoms with Gasteiger partial charge in [-0.2, -0.15) is 0 Å². The number of piperidine rings is 1. The Balaban J connectivity index is 1.47. The van der Waals surface area contributed by atoms with Gasteiger partial charge in [-0.05, 0) is 50.7 Å². The molecule has 2 fully saturated rings. The average molecular weight is 375 g/mol. The Bertz CT molecular complexity index is 746. The first-order valence-electron chi connectivity index (χ1n) is 9.52. The highest BCUT2D eigenvalue weighted by Gasteiger charge is 2.32. The molecule has 0 spiro atoms. The van der Waals surface area contributed by atoms with E-state index in [9.17, 15) is 4.79 Å². The van der Waals surface area contributed by atoms with E-state index in [0.717, 1.165) is 48.6 Å². The summed E-state index contributed by atoms with van der Waals surface area (Å²) in [5, 5.41) is 9.48. The minimum absolute atomic E-state index is 0.157. The molecule has 0 radical (unpaired) electrons. The predicted octanol–water partition coefficient (Wildman–Crippen LogP) is 3.54. The van der Waals surface area contributed by atoms with Gasteiger partial charge in [0.1, 0.15) is 11.6 Å². The van der Waals surface area contributed by atoms with Crippen molar-refractivity contribution in [1.29, 1.82) is 0 Å². The highest BCUT2D eigenvalue weighted by molar-refractivity contribution is 8.00. The van der Waals surface area contributed by atoms with Crippen LogP contribution in [0.4, 0.5) is 0 Å². The van der Waals surface area contributed by atoms with Crippen LogP contribution >= 0.6 is 11.8 Å². The van der Waals surface area contributed by atoms with Gasteiger partial charge in [-0.3, -0.25) is 9.36 Å². The zero-order valence-corrected chi connectivity index (χ0v) is 16.2. The predicted molar refractivity (Wildman–Crippen MR) is 100 cm³/mol. The third-order valence-corrected chi connectivity index (χ3v) is 6.38. The summed E-state index contributed by atoms with van der Waals surface area (Å²) in [6.45, 7) is 6.61. The maximum Gasteiger partial charge on any atom is 0.235 e. The summed E-state index contributed by atoms with van der Waals surface area (Å²) in [6.07, 6.45) is 6.23. The van der Waals surface area contributed by atoms with Crippen molar-refractivity contribution in [3.05, 3.63) is 30.0 Å². The lowest BCUT2D eigenvalue weighted by molar-refractivity contribution is -0.131. The zero-order valence-electron chi connectivity index (χ0n) is 15.4. The van der Waals surface area contributed by atoms with E-state index in [2.05, 4.69) is 21.7 Å². The Morgan fingerprint density at radius 2 is 2.08 bits per heavy atom. The van der Waals surface area contributed by atoms with Gasteiger partial charge in [-0.15, -0.1) is 10.2 Å². The second-order valence-electron chi connectivity index (χ2n) is 7.55. The maximum atomic E-state index is 12.8. The lowest BCUT2D eigenvalue weighted by Gasteiger charge is -2.31. The van der Waals surface area contributed by atoms with Crippen LogP contribution in [0.25, 0.3) is 0 Å². The summed E-state index contributed by atoms with van der Waals surface area (Å²) < 4.78 is 7.64. The van der Waals surface area contributed by atoms with E-state index in [0.29, 0.717) is 12.5 Å². The van der Waals surface area contributed by atoms with Crippen LogP contribution in [0.1, 0.15) is 57.0 Å². The average Bonchev–Trinajstić information content (AvgIpc) is 3.21. The monoisotopic (exact) mass is 374 g/mol. The lowest BCUT2D eigenvalue weighted by atomic mass is 9.99. The number of carbonyl (C=O) groups excluding carboxylic acids is 1. The molecule has 0 N–H and O–H groups in total. The van der Waals surface area contributed by atoms with Crippen molar-refractivity contribution in [2.45, 2.75) is 62.4 Å². The first-order chi connectivity index (χ1) is 12.6. The van der Waals surface area contributed by atoms with Gasteiger partial charge in [0, 0.05) is 19.0 Å². The molecule has 6 nitrogen and oxygen atoms in total. The number of likely N-dealkylation sites (tertiary alicyclic amines) is 1. The van der Waals surface area contributed by atoms with Crippen molar-refractivity contribution < 1.29 is 9.21 Å². The van der Waals surface area contributed by atoms with Crippen molar-refractivity contribution in [2.24, 2.45) is 5.92 Å². The molecule has 3 heterocycles. The minimum Gasteiger partial charge on any atom is -0.467 e. The number of hydrogen-bond donors (Lipinski definition) is 0. The quantitative estimate of drug-likeness (QED) is 0.724. The van der Waals surface area contributed by atoms with Crippen molar-refractivity contribution in [3.8, 4) is 0 Å². The molecule has 0 bridgehead atoms. The van der Waals surface area contributed by atoms with Gasteiger partial charge in [0.2, 0.25) is 5.91 Å². The van der Waals surface area contributed by atoms with Gasteiger partial charge in [-0.1, -0.05) is 18.7 Å². The van der Waals surface area contributed by atoms with Crippen LogP contribution in [0.5, 0.6) is 0 Å². The summed E-state index contributed by atoms with van der Waals surface area (Å²) in [5.74, 6) is 3.34. The second kappa shape index (κ2) is 7.47. The molecular weight excluding hydrogens is 348 g/mol. The molecule has 1 atom stereocenters. The number of thioether (sulfide) groups is 1. The van der Waals surface area contributed by atoms with E-state index in [1.54, 1.807) is 6.26 Å². The Kier molecular flexibility index (Phi) is 5.07. The fraction of sp³-hybridized carbons (Fsp3) is 0.632. The normalized spacial score (nSPS) is 19.7. The Hall–Kier alpha value is -1.76. The molecule has 0 aromatic carbocycles. The molecule has 1 aliphatic carbocycles. The van der Waals surface area contributed by atoms with Gasteiger partial charge < -0.3 is 9.32 Å². The van der Waals surface area contributed by atoms with Crippen molar-refractivity contribution >= 4 is 17.7 Å². The molecule has 2 aromatic heterocycles. The van der Waals surface area contributed by atoms with Crippen molar-refractivity contribution in [3.63, 3.8) is 0 Å². The molecule has 1 saturated carbocycles. The van der Waals surface area contributed by atoms with E-state index in [4.69, 9.17) is 4.42 Å². The molecule has 1 saturated heterocycles. The maximum absolute atomic E-state index is 12.8. The first kappa shape index (κ1) is 17.6. The zero-order chi connectivity index (χ0) is 18.1. The Morgan fingerprint density at radius 1 is 1.31 bits per heavy atom. The highest BCUT2D eigenvalue weighted by Crippen LogP contribution is 2.40. The molecule has 140 valence electrons. The Morgan fingerprint density at radius 3 is 2.73 bits per heavy atom. The van der Waals surface area contributed by atoms with Crippen molar-refractivity contribution in [1.82, 2.24) is 19.7 Å². The first-order valence-corrected chi connectivity index (χ1v) is 10.4. The van der Waals surface area contributed by atoms with Crippen LogP contribution in [-0.4, -0.2) is 43.9 Å². The minimum atomic E-state index is -0.157. The number of nitrogens with zero attached hydrogens (tertiary/aromatic N) is 4. The second-order valence-corrected chi connectivity index (χ2v) is 8.86. The van der Waals surface area contributed by atoms with Gasteiger partial charge in [0.25, 0.3) is 0 Å². The fourth-order valence-corrected chi connectivity index (χ4v) is 4.37. The third-order valence-electron chi connectivity index (χ3n) is 5.31. The number of aromatic nitrogens is 3. The summed E-state index contributed by atoms with van der Waals surface area (Å²) in [5.41, 5.74) is 0. The van der Waals surface area contributed by atoms with Crippen LogP contribution in [0.3, 0.4) is 0 Å². The van der Waals surface area contributed by atoms with E-state index in [-0.39, 0.29) is 11.2 Å². The van der Waals surface area contributed by atoms with Gasteiger partial charge in [-0.25, -0.2) is 0 Å². The highest BCUT2D eigenvalue weighted by atomic mass is 32.2. The Labute approximate surface area is 158 Å². The van der Waals surface area contributed by atoms with Gasteiger partial charge >= 0.3 is 0 Å². The molecule has 2 aromatic rings. The van der Waals surface area contributed by atoms with Crippen LogP contribution in [0.2, 0.25) is 0 Å². The number of rotatable bonds is 6. The van der Waals surface area contributed by atoms with E-state index in [1.165, 1.54) is 24.6 Å². The molecular formula is C19H26N4O2S. The molecule has 7 heteroatoms. The number of carbonyl (C=O) groups is 1. The fourth-order valence-electron chi connectivity index (χ4n) is 3.43. The molecule has 4 rings (SSSR count). The molecule has 1 unspecified atom stereocenters. The van der Waals surface area contributed by atoms with E-state index < -0.39 is 0 Å². The van der Waals surface area contributed by atoms with Gasteiger partial charge in [0.15, 0.2) is 5.16 Å². The van der Waals surface area contributed by atoms with Gasteiger partial charge in [0.05, 0.1) is 18.1 Å². The summed E-state index contributed by atoms with van der Waals surface area (Å²) in [4.78, 5) is 14.8. The molecule has 26 heavy (non-hydrogen) atoms. The van der Waals surface area contributed by atoms with Crippen molar-refractivity contribution in [2.75, 3.05) is 13.1 Å². The lowest BCUT2D eigenvalue weighted by Crippen LogP contribution is -2.41. The third kappa shape index (κ3) is 3.82. The van der Waals surface area contributed by atoms with Crippen LogP contribution in [-0.2, 0) is 11.3 Å². The summed E-state index contributed by atoms with van der Waals surface area (Å²) >= 11 is 1.52. The van der Waals surface area contributed by atoms with E-state index in [1.807, 2.05) is 24.0 Å². The smallest absolute Gasteiger partial charge is 0.235 e. The number of hydrogen-bond acceptors (Lipinski definition) is 5. The topological polar surface area (TPSA) is 64.2 Å². The van der Waals surface area contributed by atoms with E-state index >= 15 is 0 Å². The number of amides is 1. The molecule has 2 aliphatic rings. The van der Waals surface area contributed by atoms with Crippen LogP contribution in [0, 0.1) is 5.92 Å². The molecule has 1 amide bonds. The van der Waals surface area contributed by atoms with Crippen LogP contribution in [0.15, 0.2) is 28.0 Å². The number of furan rings is 1. The molecule has 1 aliphatic heterocycles. The van der Waals surface area contributed by atoms with Crippen LogP contribution < -0.4 is 0 Å². The summed E-state index contributed by atoms with van der Waals surface area (Å²) in [7, 11) is 0. The summed E-state index contributed by atoms with van der Waals surface area (Å²) in [6, 6.07) is 3.86. The standard InChI is InChI=1S/C19H26N4O2S/c1-13-7-9-22(10-8-13)18(24)14(2)26-19-21-20-17(15-5-6-15)23(19)12-16-4-3-11-25-16/h3-4,11,13-15H,5-10,12H2,1-2H3.